The van der Waals surface area contributed by atoms with E-state index in [9.17, 15) is 4.79 Å². The second-order valence-corrected chi connectivity index (χ2v) is 4.52. The Labute approximate surface area is 134 Å². The van der Waals surface area contributed by atoms with Gasteiger partial charge in [-0.25, -0.2) is 9.58 Å². The fourth-order valence-electron chi connectivity index (χ4n) is 2.05. The zero-order valence-electron chi connectivity index (χ0n) is 11.0. The average Bonchev–Trinajstić information content (AvgIpc) is 2.83. The molecule has 0 spiro atoms. The van der Waals surface area contributed by atoms with E-state index in [1.54, 1.807) is 0 Å². The van der Waals surface area contributed by atoms with Crippen LogP contribution in [0.1, 0.15) is 12.0 Å². The van der Waals surface area contributed by atoms with Crippen molar-refractivity contribution in [3.8, 4) is 0 Å². The third-order valence-electron chi connectivity index (χ3n) is 3.09. The van der Waals surface area contributed by atoms with E-state index in [-0.39, 0.29) is 29.9 Å². The lowest BCUT2D eigenvalue weighted by Gasteiger charge is -2.10. The summed E-state index contributed by atoms with van der Waals surface area (Å²) in [6.07, 6.45) is 4.25. The molecule has 1 aromatic heterocycles. The standard InChI is InChI=1S/C15H14N3O.HI/c1-17-9-7-12(8-10-17)14-11-15(19)18(16-14)13-5-3-2-4-6-13;/h2-10H,11H2,1H3;1H/q+1;/p-1. The van der Waals surface area contributed by atoms with Crippen LogP contribution in [0.4, 0.5) is 5.69 Å². The highest BCUT2D eigenvalue weighted by Crippen LogP contribution is 2.21. The number of carbonyl (C=O) groups is 1. The predicted octanol–water partition coefficient (Wildman–Crippen LogP) is -1.34. The monoisotopic (exact) mass is 379 g/mol. The average molecular weight is 379 g/mol. The van der Waals surface area contributed by atoms with Crippen molar-refractivity contribution in [2.75, 3.05) is 5.01 Å². The maximum atomic E-state index is 12.0. The summed E-state index contributed by atoms with van der Waals surface area (Å²) in [5.41, 5.74) is 2.61. The zero-order valence-corrected chi connectivity index (χ0v) is 13.2. The molecular weight excluding hydrogens is 365 g/mol. The maximum absolute atomic E-state index is 12.0. The minimum Gasteiger partial charge on any atom is -1.00 e. The Balaban J connectivity index is 0.00000147. The van der Waals surface area contributed by atoms with Gasteiger partial charge in [-0.2, -0.15) is 5.10 Å². The van der Waals surface area contributed by atoms with Gasteiger partial charge < -0.3 is 24.0 Å². The van der Waals surface area contributed by atoms with Gasteiger partial charge in [-0.1, -0.05) is 18.2 Å². The van der Waals surface area contributed by atoms with Crippen LogP contribution in [0.5, 0.6) is 0 Å². The Kier molecular flexibility index (Phi) is 4.49. The van der Waals surface area contributed by atoms with Crippen LogP contribution >= 0.6 is 0 Å². The van der Waals surface area contributed by atoms with Crippen LogP contribution in [0, 0.1) is 0 Å². The van der Waals surface area contributed by atoms with Gasteiger partial charge in [0, 0.05) is 17.7 Å². The topological polar surface area (TPSA) is 36.5 Å². The lowest BCUT2D eigenvalue weighted by molar-refractivity contribution is -0.671. The summed E-state index contributed by atoms with van der Waals surface area (Å²) in [5.74, 6) is 0.00873. The summed E-state index contributed by atoms with van der Waals surface area (Å²) in [5, 5.41) is 5.90. The molecule has 0 bridgehead atoms. The minimum atomic E-state index is 0. The number of halogens is 1. The number of anilines is 1. The third kappa shape index (κ3) is 2.87. The molecule has 102 valence electrons. The van der Waals surface area contributed by atoms with Gasteiger partial charge in [-0.05, 0) is 12.1 Å². The van der Waals surface area contributed by atoms with Crippen LogP contribution in [0.2, 0.25) is 0 Å². The lowest BCUT2D eigenvalue weighted by Crippen LogP contribution is -3.00. The van der Waals surface area contributed by atoms with Crippen LogP contribution in [0.15, 0.2) is 60.0 Å². The smallest absolute Gasteiger partial charge is 0.253 e. The number of carbonyl (C=O) groups excluding carboxylic acids is 1. The molecule has 0 fully saturated rings. The first-order chi connectivity index (χ1) is 9.24. The van der Waals surface area contributed by atoms with Crippen molar-refractivity contribution in [2.24, 2.45) is 12.1 Å². The number of nitrogens with zero attached hydrogens (tertiary/aromatic N) is 3. The Morgan fingerprint density at radius 1 is 1.10 bits per heavy atom. The molecule has 0 saturated heterocycles. The van der Waals surface area contributed by atoms with E-state index in [0.29, 0.717) is 6.42 Å². The molecule has 4 nitrogen and oxygen atoms in total. The summed E-state index contributed by atoms with van der Waals surface area (Å²) in [7, 11) is 1.96. The van der Waals surface area contributed by atoms with Gasteiger partial charge in [0.15, 0.2) is 12.4 Å². The summed E-state index contributed by atoms with van der Waals surface area (Å²) < 4.78 is 1.95. The van der Waals surface area contributed by atoms with Crippen molar-refractivity contribution in [1.82, 2.24) is 0 Å². The van der Waals surface area contributed by atoms with Crippen molar-refractivity contribution in [3.63, 3.8) is 0 Å². The second-order valence-electron chi connectivity index (χ2n) is 4.52. The van der Waals surface area contributed by atoms with Crippen LogP contribution in [0.3, 0.4) is 0 Å². The van der Waals surface area contributed by atoms with Crippen LogP contribution in [0.25, 0.3) is 0 Å². The molecule has 0 saturated carbocycles. The summed E-state index contributed by atoms with van der Waals surface area (Å²) in [4.78, 5) is 12.0. The van der Waals surface area contributed by atoms with E-state index in [2.05, 4.69) is 5.10 Å². The van der Waals surface area contributed by atoms with E-state index in [1.165, 1.54) is 5.01 Å². The van der Waals surface area contributed by atoms with Crippen molar-refractivity contribution >= 4 is 17.3 Å². The van der Waals surface area contributed by atoms with Gasteiger partial charge in [0.05, 0.1) is 17.8 Å². The van der Waals surface area contributed by atoms with Crippen LogP contribution < -0.4 is 33.6 Å². The summed E-state index contributed by atoms with van der Waals surface area (Å²) >= 11 is 0. The number of benzene rings is 1. The van der Waals surface area contributed by atoms with Gasteiger partial charge in [0.25, 0.3) is 5.91 Å². The molecule has 2 heterocycles. The summed E-state index contributed by atoms with van der Waals surface area (Å²) in [6.45, 7) is 0. The predicted molar refractivity (Wildman–Crippen MR) is 72.7 cm³/mol. The molecule has 3 rings (SSSR count). The molecular formula is C15H14IN3O. The van der Waals surface area contributed by atoms with E-state index in [1.807, 2.05) is 66.5 Å². The quantitative estimate of drug-likeness (QED) is 0.470. The first kappa shape index (κ1) is 14.6. The number of hydrogen-bond donors (Lipinski definition) is 0. The third-order valence-corrected chi connectivity index (χ3v) is 3.09. The molecule has 5 heteroatoms. The summed E-state index contributed by atoms with van der Waals surface area (Å²) in [6, 6.07) is 13.4. The van der Waals surface area contributed by atoms with E-state index in [4.69, 9.17) is 0 Å². The van der Waals surface area contributed by atoms with Crippen molar-refractivity contribution in [2.45, 2.75) is 6.42 Å². The highest BCUT2D eigenvalue weighted by Gasteiger charge is 2.26. The number of pyridine rings is 1. The van der Waals surface area contributed by atoms with E-state index >= 15 is 0 Å². The first-order valence-electron chi connectivity index (χ1n) is 6.15. The largest absolute Gasteiger partial charge is 1.00 e. The fraction of sp³-hybridized carbons (Fsp3) is 0.133. The SMILES string of the molecule is C[n+]1ccc(C2=NN(c3ccccc3)C(=O)C2)cc1.[I-]. The molecule has 1 amide bonds. The molecule has 1 aliphatic heterocycles. The Morgan fingerprint density at radius 3 is 2.40 bits per heavy atom. The van der Waals surface area contributed by atoms with E-state index < -0.39 is 0 Å². The van der Waals surface area contributed by atoms with Crippen molar-refractivity contribution in [3.05, 3.63) is 60.4 Å². The van der Waals surface area contributed by atoms with Crippen LogP contribution in [-0.2, 0) is 11.8 Å². The number of hydrazone groups is 1. The molecule has 0 aliphatic carbocycles. The highest BCUT2D eigenvalue weighted by atomic mass is 127. The molecule has 20 heavy (non-hydrogen) atoms. The maximum Gasteiger partial charge on any atom is 0.253 e. The lowest BCUT2D eigenvalue weighted by atomic mass is 10.1. The van der Waals surface area contributed by atoms with Gasteiger partial charge in [0.1, 0.15) is 7.05 Å². The van der Waals surface area contributed by atoms with Crippen molar-refractivity contribution in [1.29, 1.82) is 0 Å². The van der Waals surface area contributed by atoms with Gasteiger partial charge in [-0.15, -0.1) is 0 Å². The van der Waals surface area contributed by atoms with Crippen molar-refractivity contribution < 1.29 is 33.3 Å². The molecule has 0 N–H and O–H groups in total. The Morgan fingerprint density at radius 2 is 1.75 bits per heavy atom. The number of aromatic nitrogens is 1. The molecule has 0 atom stereocenters. The normalized spacial score (nSPS) is 13.9. The number of para-hydroxylation sites is 1. The number of aryl methyl sites for hydroxylation is 1. The Bertz CT molecular complexity index is 638. The highest BCUT2D eigenvalue weighted by molar-refractivity contribution is 6.19. The molecule has 2 aromatic rings. The van der Waals surface area contributed by atoms with Gasteiger partial charge in [0.2, 0.25) is 0 Å². The van der Waals surface area contributed by atoms with Gasteiger partial charge >= 0.3 is 0 Å². The number of amides is 1. The molecule has 1 aliphatic rings. The minimum absolute atomic E-state index is 0. The van der Waals surface area contributed by atoms with Gasteiger partial charge in [-0.3, -0.25) is 4.79 Å². The Hall–Kier alpha value is -1.76. The number of rotatable bonds is 2. The zero-order chi connectivity index (χ0) is 13.2. The van der Waals surface area contributed by atoms with E-state index in [0.717, 1.165) is 17.0 Å². The molecule has 1 aromatic carbocycles. The molecule has 0 unspecified atom stereocenters. The first-order valence-corrected chi connectivity index (χ1v) is 6.15. The number of hydrogen-bond acceptors (Lipinski definition) is 2. The fourth-order valence-corrected chi connectivity index (χ4v) is 2.05. The van der Waals surface area contributed by atoms with Crippen LogP contribution in [-0.4, -0.2) is 11.6 Å². The second kappa shape index (κ2) is 6.13. The molecule has 0 radical (unpaired) electrons.